The lowest BCUT2D eigenvalue weighted by atomic mass is 9.70. The number of rotatable bonds is 6. The first-order valence-electron chi connectivity index (χ1n) is 21.8. The molecule has 0 radical (unpaired) electrons. The van der Waals surface area contributed by atoms with Gasteiger partial charge < -0.3 is 9.47 Å². The molecule has 1 spiro atoms. The van der Waals surface area contributed by atoms with Gasteiger partial charge in [0.2, 0.25) is 0 Å². The van der Waals surface area contributed by atoms with Crippen LogP contribution >= 0.6 is 0 Å². The highest BCUT2D eigenvalue weighted by Gasteiger charge is 2.51. The molecule has 11 aromatic rings. The van der Waals surface area contributed by atoms with Gasteiger partial charge in [-0.25, -0.2) is 0 Å². The zero-order chi connectivity index (χ0) is 41.5. The topological polar surface area (TPSA) is 8.17 Å². The molecule has 1 aromatic heterocycles. The Labute approximate surface area is 367 Å². The number of hydrogen-bond donors (Lipinski definition) is 0. The molecule has 0 atom stereocenters. The second-order valence-electron chi connectivity index (χ2n) is 16.8. The van der Waals surface area contributed by atoms with Crippen molar-refractivity contribution >= 4 is 38.9 Å². The monoisotopic (exact) mass is 800 g/mol. The summed E-state index contributed by atoms with van der Waals surface area (Å²) in [6.45, 7) is 0. The van der Waals surface area contributed by atoms with E-state index >= 15 is 0 Å². The number of fused-ring (bicyclic) bond motifs is 13. The maximum absolute atomic E-state index is 2.43. The third-order valence-electron chi connectivity index (χ3n) is 13.6. The van der Waals surface area contributed by atoms with Crippen LogP contribution in [0.4, 0.5) is 17.1 Å². The maximum Gasteiger partial charge on any atom is 0.0725 e. The summed E-state index contributed by atoms with van der Waals surface area (Å²) in [7, 11) is 0. The Hall–Kier alpha value is -8.20. The second-order valence-corrected chi connectivity index (χ2v) is 16.8. The molecule has 0 fully saturated rings. The number of para-hydroxylation sites is 2. The van der Waals surface area contributed by atoms with Crippen molar-refractivity contribution in [3.63, 3.8) is 0 Å². The van der Waals surface area contributed by atoms with E-state index in [9.17, 15) is 0 Å². The van der Waals surface area contributed by atoms with E-state index in [4.69, 9.17) is 0 Å². The van der Waals surface area contributed by atoms with Crippen molar-refractivity contribution in [3.8, 4) is 50.2 Å². The first kappa shape index (κ1) is 35.5. The van der Waals surface area contributed by atoms with Gasteiger partial charge in [-0.05, 0) is 133 Å². The minimum absolute atomic E-state index is 0.379. The Morgan fingerprint density at radius 2 is 0.730 bits per heavy atom. The molecule has 63 heavy (non-hydrogen) atoms. The summed E-state index contributed by atoms with van der Waals surface area (Å²) in [5.74, 6) is 0. The first-order valence-corrected chi connectivity index (χ1v) is 21.8. The normalized spacial score (nSPS) is 12.9. The van der Waals surface area contributed by atoms with Crippen LogP contribution in [0.3, 0.4) is 0 Å². The number of aromatic nitrogens is 1. The fraction of sp³-hybridized carbons (Fsp3) is 0.0164. The standard InChI is InChI=1S/C61H40N2/c1-3-15-41(16-4-1)42-27-32-46(33-28-42)62(47-34-29-43(30-35-47)44-31-38-60-54(39-44)52-22-10-14-26-59(52)63(60)45-17-5-2-6-18-45)48-36-37-58-53(40-48)51-21-9-13-25-57(51)61(58)55-23-11-7-19-49(55)50-20-8-12-24-56(50)61/h1-40H. The first-order chi connectivity index (χ1) is 31.3. The van der Waals surface area contributed by atoms with Crippen molar-refractivity contribution in [2.24, 2.45) is 0 Å². The fourth-order valence-corrected chi connectivity index (χ4v) is 10.9. The molecule has 0 amide bonds. The average molecular weight is 801 g/mol. The molecular formula is C61H40N2. The Kier molecular flexibility index (Phi) is 7.85. The number of anilines is 3. The van der Waals surface area contributed by atoms with E-state index in [0.29, 0.717) is 0 Å². The minimum atomic E-state index is -0.379. The summed E-state index contributed by atoms with van der Waals surface area (Å²) in [5, 5.41) is 2.50. The van der Waals surface area contributed by atoms with Crippen LogP contribution in [-0.2, 0) is 5.41 Å². The Morgan fingerprint density at radius 3 is 1.37 bits per heavy atom. The second kappa shape index (κ2) is 13.9. The van der Waals surface area contributed by atoms with Crippen LogP contribution in [0.25, 0.3) is 72.0 Å². The summed E-state index contributed by atoms with van der Waals surface area (Å²) >= 11 is 0. The van der Waals surface area contributed by atoms with Crippen LogP contribution < -0.4 is 4.90 Å². The zero-order valence-corrected chi connectivity index (χ0v) is 34.5. The predicted molar refractivity (Wildman–Crippen MR) is 263 cm³/mol. The van der Waals surface area contributed by atoms with Gasteiger partial charge in [-0.15, -0.1) is 0 Å². The number of hydrogen-bond acceptors (Lipinski definition) is 1. The summed E-state index contributed by atoms with van der Waals surface area (Å²) in [4.78, 5) is 2.42. The lowest BCUT2D eigenvalue weighted by Crippen LogP contribution is -2.25. The van der Waals surface area contributed by atoms with Gasteiger partial charge >= 0.3 is 0 Å². The van der Waals surface area contributed by atoms with Crippen LogP contribution in [0.2, 0.25) is 0 Å². The summed E-state index contributed by atoms with van der Waals surface area (Å²) in [6, 6.07) is 89.4. The van der Waals surface area contributed by atoms with E-state index in [1.54, 1.807) is 0 Å². The average Bonchev–Trinajstić information content (AvgIpc) is 3.96. The van der Waals surface area contributed by atoms with Gasteiger partial charge in [0.05, 0.1) is 16.4 Å². The van der Waals surface area contributed by atoms with Gasteiger partial charge in [0.15, 0.2) is 0 Å². The van der Waals surface area contributed by atoms with E-state index in [1.807, 2.05) is 0 Å². The molecule has 0 saturated heterocycles. The van der Waals surface area contributed by atoms with Gasteiger partial charge in [0, 0.05) is 33.5 Å². The SMILES string of the molecule is c1ccc(-c2ccc(N(c3ccc(-c4ccc5c(c4)c4ccccc4n5-c4ccccc4)cc3)c3ccc4c(c3)-c3ccccc3C43c4ccccc4-c4ccccc43)cc2)cc1. The van der Waals surface area contributed by atoms with Crippen molar-refractivity contribution in [2.45, 2.75) is 5.41 Å². The molecule has 2 heteroatoms. The predicted octanol–water partition coefficient (Wildman–Crippen LogP) is 15.9. The molecule has 294 valence electrons. The molecule has 2 aliphatic carbocycles. The molecule has 1 heterocycles. The van der Waals surface area contributed by atoms with E-state index in [1.165, 1.54) is 94.3 Å². The van der Waals surface area contributed by atoms with Crippen molar-refractivity contribution in [3.05, 3.63) is 265 Å². The molecule has 0 aliphatic heterocycles. The summed E-state index contributed by atoms with van der Waals surface area (Å²) in [6.07, 6.45) is 0. The maximum atomic E-state index is 2.43. The van der Waals surface area contributed by atoms with Crippen LogP contribution in [0, 0.1) is 0 Å². The smallest absolute Gasteiger partial charge is 0.0725 e. The van der Waals surface area contributed by atoms with E-state index in [0.717, 1.165) is 17.1 Å². The minimum Gasteiger partial charge on any atom is -0.310 e. The van der Waals surface area contributed by atoms with Gasteiger partial charge in [0.25, 0.3) is 0 Å². The largest absolute Gasteiger partial charge is 0.310 e. The zero-order valence-electron chi connectivity index (χ0n) is 34.5. The van der Waals surface area contributed by atoms with Gasteiger partial charge in [-0.3, -0.25) is 0 Å². The third-order valence-corrected chi connectivity index (χ3v) is 13.6. The molecule has 13 rings (SSSR count). The molecule has 0 unspecified atom stereocenters. The molecule has 0 N–H and O–H groups in total. The van der Waals surface area contributed by atoms with E-state index < -0.39 is 0 Å². The third kappa shape index (κ3) is 5.25. The van der Waals surface area contributed by atoms with Crippen LogP contribution in [0.5, 0.6) is 0 Å². The van der Waals surface area contributed by atoms with Gasteiger partial charge in [-0.1, -0.05) is 176 Å². The van der Waals surface area contributed by atoms with E-state index in [2.05, 4.69) is 252 Å². The molecule has 0 saturated carbocycles. The number of benzene rings is 10. The van der Waals surface area contributed by atoms with Crippen molar-refractivity contribution in [1.29, 1.82) is 0 Å². The Balaban J connectivity index is 0.953. The summed E-state index contributed by atoms with van der Waals surface area (Å²) in [5.41, 5.74) is 21.9. The fourth-order valence-electron chi connectivity index (χ4n) is 10.9. The molecule has 0 bridgehead atoms. The highest BCUT2D eigenvalue weighted by atomic mass is 15.1. The van der Waals surface area contributed by atoms with Crippen molar-refractivity contribution < 1.29 is 0 Å². The highest BCUT2D eigenvalue weighted by molar-refractivity contribution is 6.10. The van der Waals surface area contributed by atoms with Gasteiger partial charge in [-0.2, -0.15) is 0 Å². The van der Waals surface area contributed by atoms with Gasteiger partial charge in [0.1, 0.15) is 0 Å². The molecule has 2 nitrogen and oxygen atoms in total. The van der Waals surface area contributed by atoms with Crippen molar-refractivity contribution in [2.75, 3.05) is 4.90 Å². The lowest BCUT2D eigenvalue weighted by molar-refractivity contribution is 0.794. The summed E-state index contributed by atoms with van der Waals surface area (Å²) < 4.78 is 2.37. The highest BCUT2D eigenvalue weighted by Crippen LogP contribution is 2.63. The van der Waals surface area contributed by atoms with Crippen LogP contribution in [0.1, 0.15) is 22.3 Å². The van der Waals surface area contributed by atoms with Crippen molar-refractivity contribution in [1.82, 2.24) is 4.57 Å². The Morgan fingerprint density at radius 1 is 0.286 bits per heavy atom. The molecular weight excluding hydrogens is 761 g/mol. The Bertz CT molecular complexity index is 3500. The van der Waals surface area contributed by atoms with Crippen LogP contribution in [0.15, 0.2) is 243 Å². The molecule has 10 aromatic carbocycles. The molecule has 2 aliphatic rings. The number of nitrogens with zero attached hydrogens (tertiary/aromatic N) is 2. The van der Waals surface area contributed by atoms with Crippen LogP contribution in [-0.4, -0.2) is 4.57 Å². The van der Waals surface area contributed by atoms with E-state index in [-0.39, 0.29) is 5.41 Å². The quantitative estimate of drug-likeness (QED) is 0.163. The lowest BCUT2D eigenvalue weighted by Gasteiger charge is -2.31.